The van der Waals surface area contributed by atoms with E-state index in [9.17, 15) is 13.2 Å². The average molecular weight is 339 g/mol. The van der Waals surface area contributed by atoms with Gasteiger partial charge in [-0.25, -0.2) is 8.42 Å². The topological polar surface area (TPSA) is 92.5 Å². The molecule has 1 saturated heterocycles. The molecule has 0 radical (unpaired) electrons. The highest BCUT2D eigenvalue weighted by Crippen LogP contribution is 2.23. The smallest absolute Gasteiger partial charge is 0.239 e. The van der Waals surface area contributed by atoms with Crippen molar-refractivity contribution in [2.75, 3.05) is 31.9 Å². The van der Waals surface area contributed by atoms with Gasteiger partial charge in [-0.05, 0) is 24.1 Å². The molecule has 0 spiro atoms. The Labute approximate surface area is 138 Å². The fraction of sp³-hybridized carbons (Fsp3) is 0.562. The van der Waals surface area contributed by atoms with Gasteiger partial charge < -0.3 is 11.1 Å². The summed E-state index contributed by atoms with van der Waals surface area (Å²) < 4.78 is 24.4. The highest BCUT2D eigenvalue weighted by atomic mass is 32.2. The van der Waals surface area contributed by atoms with Crippen molar-refractivity contribution >= 4 is 15.7 Å². The van der Waals surface area contributed by atoms with Crippen LogP contribution in [0.1, 0.15) is 31.4 Å². The molecule has 1 fully saturated rings. The Morgan fingerprint density at radius 3 is 2.39 bits per heavy atom. The summed E-state index contributed by atoms with van der Waals surface area (Å²) in [5.74, 6) is -0.256. The first kappa shape index (κ1) is 17.9. The number of primary amides is 1. The quantitative estimate of drug-likeness (QED) is 0.762. The van der Waals surface area contributed by atoms with Gasteiger partial charge in [0.05, 0.1) is 10.6 Å². The molecule has 1 atom stereocenters. The Kier molecular flexibility index (Phi) is 6.15. The summed E-state index contributed by atoms with van der Waals surface area (Å²) in [5.41, 5.74) is 6.31. The number of nitrogens with two attached hydrogens (primary N) is 1. The van der Waals surface area contributed by atoms with E-state index >= 15 is 0 Å². The molecule has 1 aliphatic heterocycles. The van der Waals surface area contributed by atoms with Crippen LogP contribution in [0.25, 0.3) is 0 Å². The number of carbonyl (C=O) groups excluding carboxylic acids is 1. The maximum Gasteiger partial charge on any atom is 0.239 e. The van der Waals surface area contributed by atoms with E-state index in [4.69, 9.17) is 5.73 Å². The lowest BCUT2D eigenvalue weighted by Crippen LogP contribution is -2.48. The number of amides is 1. The molecule has 1 aromatic rings. The van der Waals surface area contributed by atoms with Gasteiger partial charge in [0.1, 0.15) is 6.04 Å². The second kappa shape index (κ2) is 7.90. The number of piperazine rings is 1. The summed E-state index contributed by atoms with van der Waals surface area (Å²) in [6, 6.07) is 6.06. The second-order valence-corrected chi connectivity index (χ2v) is 7.94. The van der Waals surface area contributed by atoms with Gasteiger partial charge in [-0.2, -0.15) is 0 Å². The van der Waals surface area contributed by atoms with Crippen LogP contribution in [0, 0.1) is 0 Å². The van der Waals surface area contributed by atoms with Crippen molar-refractivity contribution in [3.63, 3.8) is 0 Å². The molecule has 0 bridgehead atoms. The zero-order valence-electron chi connectivity index (χ0n) is 13.5. The number of nitrogens with zero attached hydrogens (tertiary/aromatic N) is 1. The van der Waals surface area contributed by atoms with E-state index in [-0.39, 0.29) is 5.75 Å². The molecule has 1 heterocycles. The van der Waals surface area contributed by atoms with Crippen molar-refractivity contribution in [2.24, 2.45) is 5.73 Å². The fourth-order valence-corrected chi connectivity index (χ4v) is 4.26. The van der Waals surface area contributed by atoms with Crippen LogP contribution in [-0.2, 0) is 14.6 Å². The molecule has 7 heteroatoms. The van der Waals surface area contributed by atoms with Crippen molar-refractivity contribution in [1.82, 2.24) is 10.2 Å². The first-order valence-corrected chi connectivity index (χ1v) is 9.67. The van der Waals surface area contributed by atoms with Gasteiger partial charge >= 0.3 is 0 Å². The maximum atomic E-state index is 12.2. The molecule has 0 aliphatic carbocycles. The molecule has 128 valence electrons. The molecule has 1 aliphatic rings. The molecule has 3 N–H and O–H groups in total. The largest absolute Gasteiger partial charge is 0.368 e. The van der Waals surface area contributed by atoms with Crippen LogP contribution < -0.4 is 11.1 Å². The van der Waals surface area contributed by atoms with E-state index in [2.05, 4.69) is 5.32 Å². The minimum absolute atomic E-state index is 0.153. The van der Waals surface area contributed by atoms with E-state index in [1.807, 2.05) is 11.8 Å². The van der Waals surface area contributed by atoms with Gasteiger partial charge in [0.15, 0.2) is 9.84 Å². The van der Waals surface area contributed by atoms with Crippen molar-refractivity contribution in [1.29, 1.82) is 0 Å². The first-order chi connectivity index (χ1) is 11.0. The van der Waals surface area contributed by atoms with Crippen LogP contribution in [-0.4, -0.2) is 51.2 Å². The van der Waals surface area contributed by atoms with Crippen LogP contribution in [0.15, 0.2) is 29.2 Å². The molecule has 1 aromatic carbocycles. The molecular formula is C16H25N3O3S. The Hall–Kier alpha value is -1.44. The summed E-state index contributed by atoms with van der Waals surface area (Å²) in [7, 11) is -3.25. The van der Waals surface area contributed by atoms with E-state index < -0.39 is 21.8 Å². The Morgan fingerprint density at radius 2 is 1.87 bits per heavy atom. The maximum absolute atomic E-state index is 12.2. The summed E-state index contributed by atoms with van der Waals surface area (Å²) in [5, 5.41) is 3.24. The third-order valence-corrected chi connectivity index (χ3v) is 5.92. The molecule has 23 heavy (non-hydrogen) atoms. The van der Waals surface area contributed by atoms with Gasteiger partial charge in [0, 0.05) is 26.2 Å². The predicted molar refractivity (Wildman–Crippen MR) is 89.8 cm³/mol. The van der Waals surface area contributed by atoms with E-state index in [0.717, 1.165) is 38.2 Å². The SMILES string of the molecule is CCCCS(=O)(=O)c1ccc(C(C(N)=O)N2CCNCC2)cc1. The number of carbonyl (C=O) groups is 1. The number of benzene rings is 1. The van der Waals surface area contributed by atoms with Crippen molar-refractivity contribution in [2.45, 2.75) is 30.7 Å². The van der Waals surface area contributed by atoms with Crippen LogP contribution >= 0.6 is 0 Å². The lowest BCUT2D eigenvalue weighted by atomic mass is 10.0. The Balaban J connectivity index is 2.20. The zero-order chi connectivity index (χ0) is 16.9. The molecule has 1 amide bonds. The van der Waals surface area contributed by atoms with E-state index in [1.165, 1.54) is 0 Å². The van der Waals surface area contributed by atoms with Crippen LogP contribution in [0.2, 0.25) is 0 Å². The number of hydrogen-bond acceptors (Lipinski definition) is 5. The van der Waals surface area contributed by atoms with Gasteiger partial charge in [-0.15, -0.1) is 0 Å². The Bertz CT molecular complexity index is 622. The highest BCUT2D eigenvalue weighted by Gasteiger charge is 2.27. The Morgan fingerprint density at radius 1 is 1.26 bits per heavy atom. The summed E-state index contributed by atoms with van der Waals surface area (Å²) >= 11 is 0. The van der Waals surface area contributed by atoms with E-state index in [0.29, 0.717) is 11.3 Å². The minimum atomic E-state index is -3.25. The zero-order valence-corrected chi connectivity index (χ0v) is 14.3. The fourth-order valence-electron chi connectivity index (χ4n) is 2.81. The first-order valence-electron chi connectivity index (χ1n) is 8.02. The molecule has 0 saturated carbocycles. The summed E-state index contributed by atoms with van der Waals surface area (Å²) in [6.07, 6.45) is 1.48. The molecule has 1 unspecified atom stereocenters. The van der Waals surface area contributed by atoms with E-state index in [1.54, 1.807) is 24.3 Å². The van der Waals surface area contributed by atoms with Gasteiger partial charge in [0.2, 0.25) is 5.91 Å². The predicted octanol–water partition coefficient (Wildman–Crippen LogP) is 0.692. The monoisotopic (exact) mass is 339 g/mol. The number of rotatable bonds is 7. The number of nitrogens with one attached hydrogen (secondary N) is 1. The number of hydrogen-bond donors (Lipinski definition) is 2. The molecule has 6 nitrogen and oxygen atoms in total. The normalized spacial score (nSPS) is 17.8. The third kappa shape index (κ3) is 4.53. The average Bonchev–Trinajstić information content (AvgIpc) is 2.54. The molecule has 0 aromatic heterocycles. The van der Waals surface area contributed by atoms with Crippen molar-refractivity contribution < 1.29 is 13.2 Å². The standard InChI is InChI=1S/C16H25N3O3S/c1-2-3-12-23(21,22)14-6-4-13(5-7-14)15(16(17)20)19-10-8-18-9-11-19/h4-7,15,18H,2-3,8-12H2,1H3,(H2,17,20). The van der Waals surface area contributed by atoms with Crippen molar-refractivity contribution in [3.05, 3.63) is 29.8 Å². The number of unbranched alkanes of at least 4 members (excludes halogenated alkanes) is 1. The van der Waals surface area contributed by atoms with Crippen molar-refractivity contribution in [3.8, 4) is 0 Å². The lowest BCUT2D eigenvalue weighted by Gasteiger charge is -2.33. The van der Waals surface area contributed by atoms with Crippen LogP contribution in [0.5, 0.6) is 0 Å². The molecule has 2 rings (SSSR count). The van der Waals surface area contributed by atoms with Crippen LogP contribution in [0.4, 0.5) is 0 Å². The third-order valence-electron chi connectivity index (χ3n) is 4.11. The van der Waals surface area contributed by atoms with Gasteiger partial charge in [-0.1, -0.05) is 25.5 Å². The highest BCUT2D eigenvalue weighted by molar-refractivity contribution is 7.91. The van der Waals surface area contributed by atoms with Gasteiger partial charge in [0.25, 0.3) is 0 Å². The molecular weight excluding hydrogens is 314 g/mol. The number of sulfone groups is 1. The lowest BCUT2D eigenvalue weighted by molar-refractivity contribution is -0.123. The summed E-state index contributed by atoms with van der Waals surface area (Å²) in [6.45, 7) is 5.07. The van der Waals surface area contributed by atoms with Crippen LogP contribution in [0.3, 0.4) is 0 Å². The minimum Gasteiger partial charge on any atom is -0.368 e. The van der Waals surface area contributed by atoms with Gasteiger partial charge in [-0.3, -0.25) is 9.69 Å². The second-order valence-electron chi connectivity index (χ2n) is 5.83. The summed E-state index contributed by atoms with van der Waals surface area (Å²) in [4.78, 5) is 14.2.